The van der Waals surface area contributed by atoms with Crippen molar-refractivity contribution in [2.45, 2.75) is 12.5 Å². The number of carbonyl (C=O) groups is 1. The predicted molar refractivity (Wildman–Crippen MR) is 103 cm³/mol. The van der Waals surface area contributed by atoms with E-state index in [9.17, 15) is 9.18 Å². The van der Waals surface area contributed by atoms with Crippen molar-refractivity contribution in [3.8, 4) is 5.75 Å². The quantitative estimate of drug-likeness (QED) is 0.535. The van der Waals surface area contributed by atoms with Gasteiger partial charge in [-0.2, -0.15) is 0 Å². The number of para-hydroxylation sites is 2. The topological polar surface area (TPSA) is 74.4 Å². The molecule has 2 aromatic rings. The van der Waals surface area contributed by atoms with E-state index in [2.05, 4.69) is 21.5 Å². The van der Waals surface area contributed by atoms with Crippen molar-refractivity contribution in [2.75, 3.05) is 32.1 Å². The number of hydrazine groups is 1. The monoisotopic (exact) mass is 372 g/mol. The van der Waals surface area contributed by atoms with Crippen LogP contribution in [0.5, 0.6) is 5.75 Å². The third kappa shape index (κ3) is 5.26. The van der Waals surface area contributed by atoms with Crippen molar-refractivity contribution in [1.82, 2.24) is 16.2 Å². The zero-order valence-corrected chi connectivity index (χ0v) is 15.3. The summed E-state index contributed by atoms with van der Waals surface area (Å²) >= 11 is 0. The summed E-state index contributed by atoms with van der Waals surface area (Å²) in [4.78, 5) is 12.1. The maximum Gasteiger partial charge on any atom is 0.225 e. The van der Waals surface area contributed by atoms with Crippen LogP contribution in [0.1, 0.15) is 18.0 Å². The second-order valence-corrected chi connectivity index (χ2v) is 6.52. The van der Waals surface area contributed by atoms with Crippen molar-refractivity contribution >= 4 is 11.6 Å². The Morgan fingerprint density at radius 3 is 2.78 bits per heavy atom. The maximum atomic E-state index is 13.1. The van der Waals surface area contributed by atoms with Crippen LogP contribution < -0.4 is 26.2 Å². The molecular weight excluding hydrogens is 347 g/mol. The van der Waals surface area contributed by atoms with Crippen LogP contribution in [0.25, 0.3) is 0 Å². The van der Waals surface area contributed by atoms with Crippen molar-refractivity contribution in [1.29, 1.82) is 0 Å². The molecule has 4 N–H and O–H groups in total. The number of rotatable bonds is 8. The van der Waals surface area contributed by atoms with Crippen molar-refractivity contribution in [3.05, 3.63) is 59.9 Å². The molecule has 1 aliphatic heterocycles. The van der Waals surface area contributed by atoms with Crippen LogP contribution in [-0.2, 0) is 4.79 Å². The van der Waals surface area contributed by atoms with Crippen LogP contribution in [-0.4, -0.2) is 32.7 Å². The van der Waals surface area contributed by atoms with Crippen molar-refractivity contribution in [3.63, 3.8) is 0 Å². The van der Waals surface area contributed by atoms with E-state index in [1.54, 1.807) is 19.2 Å². The Bertz CT molecular complexity index is 754. The standard InChI is InChI=1S/C20H25FN4O2/c1-27-18-5-3-2-4-17(18)24-19(26)10-11-22-12-15-13-23-25-20(15)14-6-8-16(21)9-7-14/h2-9,15,20,22-23,25H,10-13H2,1H3,(H,24,26). The van der Waals surface area contributed by atoms with Gasteiger partial charge in [0.25, 0.3) is 0 Å². The number of methoxy groups -OCH3 is 1. The molecule has 2 atom stereocenters. The highest BCUT2D eigenvalue weighted by Gasteiger charge is 2.27. The van der Waals surface area contributed by atoms with Gasteiger partial charge in [0, 0.05) is 32.0 Å². The van der Waals surface area contributed by atoms with E-state index in [0.29, 0.717) is 30.3 Å². The van der Waals surface area contributed by atoms with Crippen molar-refractivity contribution in [2.24, 2.45) is 5.92 Å². The highest BCUT2D eigenvalue weighted by Crippen LogP contribution is 2.25. The highest BCUT2D eigenvalue weighted by atomic mass is 19.1. The number of hydrogen-bond donors (Lipinski definition) is 4. The summed E-state index contributed by atoms with van der Waals surface area (Å²) in [5.41, 5.74) is 8.10. The van der Waals surface area contributed by atoms with Gasteiger partial charge in [-0.3, -0.25) is 10.2 Å². The summed E-state index contributed by atoms with van der Waals surface area (Å²) in [6.45, 7) is 2.14. The van der Waals surface area contributed by atoms with E-state index < -0.39 is 0 Å². The van der Waals surface area contributed by atoms with E-state index >= 15 is 0 Å². The number of amides is 1. The normalized spacial score (nSPS) is 19.0. The van der Waals surface area contributed by atoms with Crippen LogP contribution >= 0.6 is 0 Å². The summed E-state index contributed by atoms with van der Waals surface area (Å²) in [7, 11) is 1.58. The number of anilines is 1. The smallest absolute Gasteiger partial charge is 0.225 e. The molecule has 1 heterocycles. The van der Waals surface area contributed by atoms with Gasteiger partial charge in [-0.25, -0.2) is 9.82 Å². The Morgan fingerprint density at radius 2 is 2.00 bits per heavy atom. The first-order chi connectivity index (χ1) is 13.2. The molecular formula is C20H25FN4O2. The summed E-state index contributed by atoms with van der Waals surface area (Å²) in [6.07, 6.45) is 0.368. The van der Waals surface area contributed by atoms with Crippen LogP contribution in [0.15, 0.2) is 48.5 Å². The van der Waals surface area contributed by atoms with Gasteiger partial charge in [0.05, 0.1) is 18.8 Å². The fourth-order valence-electron chi connectivity index (χ4n) is 3.20. The van der Waals surface area contributed by atoms with Crippen LogP contribution in [0.4, 0.5) is 10.1 Å². The van der Waals surface area contributed by atoms with Crippen molar-refractivity contribution < 1.29 is 13.9 Å². The second kappa shape index (κ2) is 9.45. The SMILES string of the molecule is COc1ccccc1NC(=O)CCNCC1CNNC1c1ccc(F)cc1. The molecule has 27 heavy (non-hydrogen) atoms. The molecule has 144 valence electrons. The van der Waals surface area contributed by atoms with E-state index in [1.807, 2.05) is 24.3 Å². The van der Waals surface area contributed by atoms with Gasteiger partial charge in [0.2, 0.25) is 5.91 Å². The summed E-state index contributed by atoms with van der Waals surface area (Å²) in [5.74, 6) is 0.655. The minimum atomic E-state index is -0.236. The number of hydrogen-bond acceptors (Lipinski definition) is 5. The Hall–Kier alpha value is -2.48. The van der Waals surface area contributed by atoms with Gasteiger partial charge in [-0.15, -0.1) is 0 Å². The minimum Gasteiger partial charge on any atom is -0.495 e. The molecule has 1 saturated heterocycles. The molecule has 2 aromatic carbocycles. The van der Waals surface area contributed by atoms with E-state index in [1.165, 1.54) is 12.1 Å². The molecule has 0 bridgehead atoms. The number of nitrogens with one attached hydrogen (secondary N) is 4. The van der Waals surface area contributed by atoms with Gasteiger partial charge in [-0.05, 0) is 29.8 Å². The predicted octanol–water partition coefficient (Wildman–Crippen LogP) is 2.22. The molecule has 0 saturated carbocycles. The Labute approximate surface area is 158 Å². The van der Waals surface area contributed by atoms with Gasteiger partial charge in [0.1, 0.15) is 11.6 Å². The fourth-order valence-corrected chi connectivity index (χ4v) is 3.20. The lowest BCUT2D eigenvalue weighted by Gasteiger charge is -2.19. The van der Waals surface area contributed by atoms with E-state index in [-0.39, 0.29) is 17.8 Å². The lowest BCUT2D eigenvalue weighted by Crippen LogP contribution is -2.30. The lowest BCUT2D eigenvalue weighted by molar-refractivity contribution is -0.116. The summed E-state index contributed by atoms with van der Waals surface area (Å²) in [5, 5.41) is 6.20. The number of halogens is 1. The Morgan fingerprint density at radius 1 is 1.22 bits per heavy atom. The number of benzene rings is 2. The molecule has 0 spiro atoms. The van der Waals surface area contributed by atoms with E-state index in [4.69, 9.17) is 4.74 Å². The maximum absolute atomic E-state index is 13.1. The molecule has 0 aromatic heterocycles. The zero-order valence-electron chi connectivity index (χ0n) is 15.3. The van der Waals surface area contributed by atoms with Gasteiger partial charge < -0.3 is 15.4 Å². The third-order valence-electron chi connectivity index (χ3n) is 4.64. The van der Waals surface area contributed by atoms with Gasteiger partial charge in [0.15, 0.2) is 0 Å². The molecule has 1 aliphatic rings. The molecule has 6 nitrogen and oxygen atoms in total. The molecule has 2 unspecified atom stereocenters. The first-order valence-electron chi connectivity index (χ1n) is 9.05. The lowest BCUT2D eigenvalue weighted by atomic mass is 9.95. The largest absolute Gasteiger partial charge is 0.495 e. The summed E-state index contributed by atoms with van der Waals surface area (Å²) in [6, 6.07) is 14.0. The molecule has 3 rings (SSSR count). The van der Waals surface area contributed by atoms with Crippen LogP contribution in [0, 0.1) is 11.7 Å². The fraction of sp³-hybridized carbons (Fsp3) is 0.350. The Balaban J connectivity index is 1.43. The van der Waals surface area contributed by atoms with Gasteiger partial charge >= 0.3 is 0 Å². The second-order valence-electron chi connectivity index (χ2n) is 6.52. The third-order valence-corrected chi connectivity index (χ3v) is 4.64. The number of ether oxygens (including phenoxy) is 1. The molecule has 0 aliphatic carbocycles. The molecule has 1 fully saturated rings. The first kappa shape index (κ1) is 19.3. The minimum absolute atomic E-state index is 0.0650. The zero-order chi connectivity index (χ0) is 19.1. The van der Waals surface area contributed by atoms with Gasteiger partial charge in [-0.1, -0.05) is 24.3 Å². The first-order valence-corrected chi connectivity index (χ1v) is 9.05. The molecule has 0 radical (unpaired) electrons. The molecule has 7 heteroatoms. The van der Waals surface area contributed by atoms with Crippen LogP contribution in [0.3, 0.4) is 0 Å². The average molecular weight is 372 g/mol. The highest BCUT2D eigenvalue weighted by molar-refractivity contribution is 5.92. The Kier molecular flexibility index (Phi) is 6.75. The van der Waals surface area contributed by atoms with E-state index in [0.717, 1.165) is 18.7 Å². The van der Waals surface area contributed by atoms with Crippen LogP contribution in [0.2, 0.25) is 0 Å². The average Bonchev–Trinajstić information content (AvgIpc) is 3.15. The molecule has 1 amide bonds. The summed E-state index contributed by atoms with van der Waals surface area (Å²) < 4.78 is 18.3. The number of carbonyl (C=O) groups excluding carboxylic acids is 1.